The molecule has 0 aliphatic heterocycles. The summed E-state index contributed by atoms with van der Waals surface area (Å²) < 4.78 is 39.0. The molecule has 0 bridgehead atoms. The Balaban J connectivity index is 2.42. The van der Waals surface area contributed by atoms with E-state index in [9.17, 15) is 18.0 Å². The number of nitrogens with one attached hydrogen (secondary N) is 1. The Bertz CT molecular complexity index is 435. The van der Waals surface area contributed by atoms with Crippen LogP contribution in [0.4, 0.5) is 13.2 Å². The third-order valence-corrected chi connectivity index (χ3v) is 2.82. The fourth-order valence-electron chi connectivity index (χ4n) is 1.72. The zero-order valence-corrected chi connectivity index (χ0v) is 10.9. The van der Waals surface area contributed by atoms with Crippen LogP contribution in [0.25, 0.3) is 0 Å². The van der Waals surface area contributed by atoms with Gasteiger partial charge in [0.15, 0.2) is 17.5 Å². The largest absolute Gasteiger partial charge is 0.356 e. The Morgan fingerprint density at radius 2 is 1.84 bits per heavy atom. The van der Waals surface area contributed by atoms with E-state index in [-0.39, 0.29) is 17.9 Å². The van der Waals surface area contributed by atoms with Crippen LogP contribution in [-0.2, 0) is 11.2 Å². The molecule has 19 heavy (non-hydrogen) atoms. The smallest absolute Gasteiger partial charge is 0.224 e. The SMILES string of the molecule is CCCCCCNC(=O)Cc1ccc(F)c(F)c1F. The van der Waals surface area contributed by atoms with Gasteiger partial charge in [-0.3, -0.25) is 4.79 Å². The second kappa shape index (κ2) is 7.81. The molecule has 0 aromatic heterocycles. The molecule has 0 aliphatic carbocycles. The second-order valence-corrected chi connectivity index (χ2v) is 4.42. The Hall–Kier alpha value is -1.52. The fraction of sp³-hybridized carbons (Fsp3) is 0.500. The average molecular weight is 273 g/mol. The van der Waals surface area contributed by atoms with Crippen LogP contribution in [0.1, 0.15) is 38.2 Å². The number of amides is 1. The van der Waals surface area contributed by atoms with Gasteiger partial charge in [0.05, 0.1) is 6.42 Å². The highest BCUT2D eigenvalue weighted by Crippen LogP contribution is 2.15. The molecule has 106 valence electrons. The number of carbonyl (C=O) groups excluding carboxylic acids is 1. The van der Waals surface area contributed by atoms with Gasteiger partial charge in [0.2, 0.25) is 5.91 Å². The summed E-state index contributed by atoms with van der Waals surface area (Å²) in [6.45, 7) is 2.61. The number of halogens is 3. The van der Waals surface area contributed by atoms with Crippen LogP contribution in [0.15, 0.2) is 12.1 Å². The minimum Gasteiger partial charge on any atom is -0.356 e. The summed E-state index contributed by atoms with van der Waals surface area (Å²) in [7, 11) is 0. The summed E-state index contributed by atoms with van der Waals surface area (Å²) in [5.74, 6) is -4.46. The maximum absolute atomic E-state index is 13.3. The summed E-state index contributed by atoms with van der Waals surface area (Å²) >= 11 is 0. The maximum atomic E-state index is 13.3. The van der Waals surface area contributed by atoms with E-state index in [0.717, 1.165) is 37.8 Å². The van der Waals surface area contributed by atoms with Crippen LogP contribution in [0.2, 0.25) is 0 Å². The molecule has 0 spiro atoms. The molecular formula is C14H18F3NO. The van der Waals surface area contributed by atoms with Crippen molar-refractivity contribution < 1.29 is 18.0 Å². The van der Waals surface area contributed by atoms with Crippen molar-refractivity contribution in [3.63, 3.8) is 0 Å². The maximum Gasteiger partial charge on any atom is 0.224 e. The molecule has 5 heteroatoms. The molecule has 1 aromatic rings. The Kier molecular flexibility index (Phi) is 6.39. The number of hydrogen-bond donors (Lipinski definition) is 1. The minimum atomic E-state index is -1.53. The van der Waals surface area contributed by atoms with Crippen molar-refractivity contribution in [1.29, 1.82) is 0 Å². The van der Waals surface area contributed by atoms with Gasteiger partial charge in [-0.25, -0.2) is 13.2 Å². The predicted octanol–water partition coefficient (Wildman–Crippen LogP) is 3.34. The lowest BCUT2D eigenvalue weighted by Crippen LogP contribution is -2.26. The van der Waals surface area contributed by atoms with Crippen LogP contribution in [0.5, 0.6) is 0 Å². The lowest BCUT2D eigenvalue weighted by atomic mass is 10.1. The quantitative estimate of drug-likeness (QED) is 0.599. The summed E-state index contributed by atoms with van der Waals surface area (Å²) in [4.78, 5) is 11.5. The molecule has 0 fully saturated rings. The summed E-state index contributed by atoms with van der Waals surface area (Å²) in [5.41, 5.74) is -0.134. The monoisotopic (exact) mass is 273 g/mol. The molecule has 0 heterocycles. The van der Waals surface area contributed by atoms with E-state index in [1.807, 2.05) is 0 Å². The van der Waals surface area contributed by atoms with E-state index >= 15 is 0 Å². The molecule has 0 atom stereocenters. The minimum absolute atomic E-state index is 0.134. The normalized spacial score (nSPS) is 10.5. The van der Waals surface area contributed by atoms with Crippen LogP contribution in [0.3, 0.4) is 0 Å². The second-order valence-electron chi connectivity index (χ2n) is 4.42. The van der Waals surface area contributed by atoms with Gasteiger partial charge in [0.25, 0.3) is 0 Å². The molecule has 0 aliphatic rings. The van der Waals surface area contributed by atoms with Crippen LogP contribution in [-0.4, -0.2) is 12.5 Å². The van der Waals surface area contributed by atoms with Crippen LogP contribution in [0, 0.1) is 17.5 Å². The topological polar surface area (TPSA) is 29.1 Å². The highest BCUT2D eigenvalue weighted by atomic mass is 19.2. The molecule has 1 rings (SSSR count). The first kappa shape index (κ1) is 15.5. The summed E-state index contributed by atoms with van der Waals surface area (Å²) in [5, 5.41) is 2.63. The molecular weight excluding hydrogens is 255 g/mol. The molecule has 1 N–H and O–H groups in total. The lowest BCUT2D eigenvalue weighted by molar-refractivity contribution is -0.120. The van der Waals surface area contributed by atoms with E-state index in [2.05, 4.69) is 12.2 Å². The van der Waals surface area contributed by atoms with E-state index < -0.39 is 17.5 Å². The Morgan fingerprint density at radius 1 is 1.11 bits per heavy atom. The Labute approximate surface area is 111 Å². The van der Waals surface area contributed by atoms with E-state index in [1.54, 1.807) is 0 Å². The molecule has 0 unspecified atom stereocenters. The standard InChI is InChI=1S/C14H18F3NO/c1-2-3-4-5-8-18-12(19)9-10-6-7-11(15)14(17)13(10)16/h6-7H,2-5,8-9H2,1H3,(H,18,19). The first-order chi connectivity index (χ1) is 9.06. The molecule has 1 amide bonds. The van der Waals surface area contributed by atoms with E-state index in [0.29, 0.717) is 6.54 Å². The third kappa shape index (κ3) is 4.93. The lowest BCUT2D eigenvalue weighted by Gasteiger charge is -2.06. The van der Waals surface area contributed by atoms with Gasteiger partial charge in [0.1, 0.15) is 0 Å². The molecule has 0 saturated carbocycles. The van der Waals surface area contributed by atoms with Crippen molar-refractivity contribution in [1.82, 2.24) is 5.32 Å². The first-order valence-corrected chi connectivity index (χ1v) is 6.45. The zero-order chi connectivity index (χ0) is 14.3. The zero-order valence-electron chi connectivity index (χ0n) is 10.9. The molecule has 0 saturated heterocycles. The number of hydrogen-bond acceptors (Lipinski definition) is 1. The number of carbonyl (C=O) groups is 1. The number of benzene rings is 1. The van der Waals surface area contributed by atoms with Crippen molar-refractivity contribution in [3.8, 4) is 0 Å². The van der Waals surface area contributed by atoms with E-state index in [1.165, 1.54) is 0 Å². The van der Waals surface area contributed by atoms with Gasteiger partial charge in [0, 0.05) is 12.1 Å². The number of unbranched alkanes of at least 4 members (excludes halogenated alkanes) is 3. The highest BCUT2D eigenvalue weighted by molar-refractivity contribution is 5.78. The average Bonchev–Trinajstić information content (AvgIpc) is 2.39. The first-order valence-electron chi connectivity index (χ1n) is 6.45. The molecule has 1 aromatic carbocycles. The molecule has 0 radical (unpaired) electrons. The van der Waals surface area contributed by atoms with Crippen molar-refractivity contribution in [2.75, 3.05) is 6.54 Å². The summed E-state index contributed by atoms with van der Waals surface area (Å²) in [6, 6.07) is 1.91. The summed E-state index contributed by atoms with van der Waals surface area (Å²) in [6.07, 6.45) is 3.81. The Morgan fingerprint density at radius 3 is 2.53 bits per heavy atom. The van der Waals surface area contributed by atoms with Gasteiger partial charge in [-0.1, -0.05) is 32.3 Å². The van der Waals surface area contributed by atoms with Crippen molar-refractivity contribution in [3.05, 3.63) is 35.1 Å². The fourth-order valence-corrected chi connectivity index (χ4v) is 1.72. The van der Waals surface area contributed by atoms with Crippen molar-refractivity contribution in [2.24, 2.45) is 0 Å². The van der Waals surface area contributed by atoms with Crippen LogP contribution < -0.4 is 5.32 Å². The van der Waals surface area contributed by atoms with Gasteiger partial charge in [-0.05, 0) is 12.5 Å². The van der Waals surface area contributed by atoms with Crippen LogP contribution >= 0.6 is 0 Å². The van der Waals surface area contributed by atoms with Gasteiger partial charge < -0.3 is 5.32 Å². The van der Waals surface area contributed by atoms with Crippen molar-refractivity contribution in [2.45, 2.75) is 39.0 Å². The van der Waals surface area contributed by atoms with Gasteiger partial charge in [-0.2, -0.15) is 0 Å². The van der Waals surface area contributed by atoms with Crippen molar-refractivity contribution >= 4 is 5.91 Å². The number of rotatable bonds is 7. The van der Waals surface area contributed by atoms with Gasteiger partial charge >= 0.3 is 0 Å². The predicted molar refractivity (Wildman–Crippen MR) is 67.2 cm³/mol. The van der Waals surface area contributed by atoms with Gasteiger partial charge in [-0.15, -0.1) is 0 Å². The third-order valence-electron chi connectivity index (χ3n) is 2.82. The highest BCUT2D eigenvalue weighted by Gasteiger charge is 2.15. The molecule has 2 nitrogen and oxygen atoms in total. The van der Waals surface area contributed by atoms with E-state index in [4.69, 9.17) is 0 Å².